The minimum Gasteiger partial charge on any atom is -0.481 e. The molecule has 102 valence electrons. The first kappa shape index (κ1) is 14.1. The van der Waals surface area contributed by atoms with Crippen molar-refractivity contribution >= 4 is 33.5 Å². The molecule has 1 amide bonds. The van der Waals surface area contributed by atoms with Crippen LogP contribution in [0.4, 0.5) is 5.69 Å². The number of aliphatic carboxylic acids is 1. The lowest BCUT2D eigenvalue weighted by atomic mass is 9.82. The molecule has 0 saturated heterocycles. The highest BCUT2D eigenvalue weighted by molar-refractivity contribution is 9.10. The number of benzene rings is 1. The van der Waals surface area contributed by atoms with Crippen molar-refractivity contribution in [3.05, 3.63) is 28.7 Å². The summed E-state index contributed by atoms with van der Waals surface area (Å²) in [6.45, 7) is 0. The number of amides is 1. The van der Waals surface area contributed by atoms with E-state index in [1.807, 2.05) is 18.2 Å². The van der Waals surface area contributed by atoms with Crippen LogP contribution in [0.25, 0.3) is 0 Å². The quantitative estimate of drug-likeness (QED) is 0.891. The molecule has 0 heterocycles. The highest BCUT2D eigenvalue weighted by Crippen LogP contribution is 2.41. The van der Waals surface area contributed by atoms with E-state index in [0.717, 1.165) is 17.3 Å². The molecule has 0 atom stereocenters. The average molecular weight is 326 g/mol. The number of halogens is 1. The van der Waals surface area contributed by atoms with Crippen LogP contribution < -0.4 is 5.32 Å². The summed E-state index contributed by atoms with van der Waals surface area (Å²) in [5.41, 5.74) is -0.197. The van der Waals surface area contributed by atoms with E-state index >= 15 is 0 Å². The third-order valence-corrected chi connectivity index (χ3v) is 4.35. The largest absolute Gasteiger partial charge is 0.481 e. The molecule has 0 aromatic heterocycles. The van der Waals surface area contributed by atoms with Crippen LogP contribution in [-0.4, -0.2) is 17.0 Å². The molecule has 19 heavy (non-hydrogen) atoms. The number of rotatable bonds is 4. The molecule has 0 unspecified atom stereocenters. The molecule has 0 spiro atoms. The fraction of sp³-hybridized carbons (Fsp3) is 0.429. The third-order valence-electron chi connectivity index (χ3n) is 3.66. The standard InChI is InChI=1S/C14H16BrNO3/c15-10-5-1-2-6-11(10)16-12(17)9-14(13(18)19)7-3-4-8-14/h1-2,5-6H,3-4,7-9H2,(H,16,17)(H,18,19). The normalized spacial score (nSPS) is 17.1. The SMILES string of the molecule is O=C(CC1(C(=O)O)CCCC1)Nc1ccccc1Br. The number of nitrogens with one attached hydrogen (secondary N) is 1. The molecule has 0 aliphatic heterocycles. The van der Waals surface area contributed by atoms with Gasteiger partial charge in [-0.05, 0) is 40.9 Å². The highest BCUT2D eigenvalue weighted by atomic mass is 79.9. The minimum atomic E-state index is -0.870. The average Bonchev–Trinajstić information content (AvgIpc) is 2.82. The van der Waals surface area contributed by atoms with E-state index in [1.165, 1.54) is 0 Å². The first-order valence-electron chi connectivity index (χ1n) is 6.31. The van der Waals surface area contributed by atoms with Crippen molar-refractivity contribution in [2.24, 2.45) is 5.41 Å². The van der Waals surface area contributed by atoms with Gasteiger partial charge < -0.3 is 10.4 Å². The summed E-state index contributed by atoms with van der Waals surface area (Å²) in [4.78, 5) is 23.4. The van der Waals surface area contributed by atoms with Crippen molar-refractivity contribution in [3.8, 4) is 0 Å². The van der Waals surface area contributed by atoms with Crippen molar-refractivity contribution in [1.29, 1.82) is 0 Å². The number of para-hydroxylation sites is 1. The Balaban J connectivity index is 2.05. The van der Waals surface area contributed by atoms with Crippen LogP contribution in [0, 0.1) is 5.41 Å². The third kappa shape index (κ3) is 3.15. The molecule has 4 nitrogen and oxygen atoms in total. The van der Waals surface area contributed by atoms with E-state index in [2.05, 4.69) is 21.2 Å². The molecule has 0 bridgehead atoms. The van der Waals surface area contributed by atoms with Gasteiger partial charge >= 0.3 is 5.97 Å². The summed E-state index contributed by atoms with van der Waals surface area (Å²) in [6, 6.07) is 7.29. The zero-order chi connectivity index (χ0) is 13.9. The number of carbonyl (C=O) groups is 2. The fourth-order valence-corrected chi connectivity index (χ4v) is 2.97. The molecule has 5 heteroatoms. The Morgan fingerprint density at radius 3 is 2.47 bits per heavy atom. The predicted molar refractivity (Wildman–Crippen MR) is 75.9 cm³/mol. The number of carbonyl (C=O) groups excluding carboxylic acids is 1. The van der Waals surface area contributed by atoms with E-state index in [9.17, 15) is 14.7 Å². The monoisotopic (exact) mass is 325 g/mol. The van der Waals surface area contributed by atoms with Crippen LogP contribution in [-0.2, 0) is 9.59 Å². The van der Waals surface area contributed by atoms with Gasteiger partial charge in [-0.25, -0.2) is 0 Å². The maximum absolute atomic E-state index is 12.0. The second-order valence-electron chi connectivity index (χ2n) is 5.00. The van der Waals surface area contributed by atoms with Gasteiger partial charge in [0.1, 0.15) is 0 Å². The predicted octanol–water partition coefficient (Wildman–Crippen LogP) is 3.42. The Labute approximate surface area is 120 Å². The van der Waals surface area contributed by atoms with Gasteiger partial charge in [-0.15, -0.1) is 0 Å². The summed E-state index contributed by atoms with van der Waals surface area (Å²) in [5.74, 6) is -1.09. The lowest BCUT2D eigenvalue weighted by Gasteiger charge is -2.23. The molecule has 1 aromatic carbocycles. The molecule has 1 fully saturated rings. The Morgan fingerprint density at radius 2 is 1.89 bits per heavy atom. The van der Waals surface area contributed by atoms with Crippen LogP contribution in [0.3, 0.4) is 0 Å². The second-order valence-corrected chi connectivity index (χ2v) is 5.85. The number of anilines is 1. The van der Waals surface area contributed by atoms with Crippen LogP contribution >= 0.6 is 15.9 Å². The lowest BCUT2D eigenvalue weighted by molar-refractivity contribution is -0.150. The maximum atomic E-state index is 12.0. The topological polar surface area (TPSA) is 66.4 Å². The summed E-state index contributed by atoms with van der Waals surface area (Å²) in [7, 11) is 0. The first-order valence-corrected chi connectivity index (χ1v) is 7.11. The Kier molecular flexibility index (Phi) is 4.24. The summed E-state index contributed by atoms with van der Waals surface area (Å²) >= 11 is 3.35. The van der Waals surface area contributed by atoms with Crippen molar-refractivity contribution < 1.29 is 14.7 Å². The molecule has 1 aromatic rings. The van der Waals surface area contributed by atoms with Gasteiger partial charge in [-0.2, -0.15) is 0 Å². The maximum Gasteiger partial charge on any atom is 0.310 e. The van der Waals surface area contributed by atoms with Gasteiger partial charge in [0.2, 0.25) is 5.91 Å². The Bertz CT molecular complexity index is 495. The Morgan fingerprint density at radius 1 is 1.26 bits per heavy atom. The zero-order valence-corrected chi connectivity index (χ0v) is 12.1. The van der Waals surface area contributed by atoms with Gasteiger partial charge in [0, 0.05) is 10.9 Å². The summed E-state index contributed by atoms with van der Waals surface area (Å²) < 4.78 is 0.791. The number of hydrogen-bond acceptors (Lipinski definition) is 2. The van der Waals surface area contributed by atoms with Crippen LogP contribution in [0.1, 0.15) is 32.1 Å². The molecular formula is C14H16BrNO3. The fourth-order valence-electron chi connectivity index (χ4n) is 2.58. The van der Waals surface area contributed by atoms with Crippen LogP contribution in [0.2, 0.25) is 0 Å². The molecule has 2 N–H and O–H groups in total. The number of carboxylic acid groups (broad SMARTS) is 1. The molecule has 0 radical (unpaired) electrons. The zero-order valence-electron chi connectivity index (χ0n) is 10.5. The van der Waals surface area contributed by atoms with Gasteiger partial charge in [0.25, 0.3) is 0 Å². The highest BCUT2D eigenvalue weighted by Gasteiger charge is 2.42. The van der Waals surface area contributed by atoms with E-state index in [1.54, 1.807) is 6.07 Å². The van der Waals surface area contributed by atoms with Crippen molar-refractivity contribution in [3.63, 3.8) is 0 Å². The molecule has 1 aliphatic carbocycles. The molecule has 2 rings (SSSR count). The van der Waals surface area contributed by atoms with Crippen molar-refractivity contribution in [2.45, 2.75) is 32.1 Å². The summed E-state index contributed by atoms with van der Waals surface area (Å²) in [5, 5.41) is 12.1. The minimum absolute atomic E-state index is 0.0453. The smallest absolute Gasteiger partial charge is 0.310 e. The van der Waals surface area contributed by atoms with Crippen LogP contribution in [0.15, 0.2) is 28.7 Å². The first-order chi connectivity index (χ1) is 9.03. The van der Waals surface area contributed by atoms with Gasteiger partial charge in [0.15, 0.2) is 0 Å². The van der Waals surface area contributed by atoms with E-state index in [-0.39, 0.29) is 12.3 Å². The van der Waals surface area contributed by atoms with E-state index in [4.69, 9.17) is 0 Å². The molecular weight excluding hydrogens is 310 g/mol. The van der Waals surface area contributed by atoms with Gasteiger partial charge in [0.05, 0.1) is 11.1 Å². The molecule has 1 saturated carbocycles. The number of hydrogen-bond donors (Lipinski definition) is 2. The summed E-state index contributed by atoms with van der Waals surface area (Å²) in [6.07, 6.45) is 2.99. The Hall–Kier alpha value is -1.36. The van der Waals surface area contributed by atoms with Gasteiger partial charge in [-0.1, -0.05) is 25.0 Å². The van der Waals surface area contributed by atoms with Crippen molar-refractivity contribution in [2.75, 3.05) is 5.32 Å². The number of carboxylic acids is 1. The van der Waals surface area contributed by atoms with E-state index < -0.39 is 11.4 Å². The lowest BCUT2D eigenvalue weighted by Crippen LogP contribution is -2.32. The van der Waals surface area contributed by atoms with Crippen molar-refractivity contribution in [1.82, 2.24) is 0 Å². The van der Waals surface area contributed by atoms with Gasteiger partial charge in [-0.3, -0.25) is 9.59 Å². The second kappa shape index (κ2) is 5.74. The van der Waals surface area contributed by atoms with Crippen LogP contribution in [0.5, 0.6) is 0 Å². The molecule has 1 aliphatic rings. The van der Waals surface area contributed by atoms with E-state index in [0.29, 0.717) is 18.5 Å².